The fourth-order valence-electron chi connectivity index (χ4n) is 3.02. The van der Waals surface area contributed by atoms with E-state index in [1.807, 2.05) is 82.3 Å². The van der Waals surface area contributed by atoms with Crippen molar-refractivity contribution in [1.82, 2.24) is 10.2 Å². The molecule has 0 unspecified atom stereocenters. The summed E-state index contributed by atoms with van der Waals surface area (Å²) in [6, 6.07) is 17.6. The van der Waals surface area contributed by atoms with Crippen molar-refractivity contribution in [2.24, 2.45) is 0 Å². The molecule has 2 amide bonds. The van der Waals surface area contributed by atoms with Crippen molar-refractivity contribution < 1.29 is 9.59 Å². The molecule has 0 fully saturated rings. The molecule has 28 heavy (non-hydrogen) atoms. The normalized spacial score (nSPS) is 12.9. The van der Waals surface area contributed by atoms with Crippen LogP contribution in [0.2, 0.25) is 0 Å². The zero-order chi connectivity index (χ0) is 20.5. The van der Waals surface area contributed by atoms with Crippen molar-refractivity contribution in [3.8, 4) is 0 Å². The smallest absolute Gasteiger partial charge is 0.242 e. The Morgan fingerprint density at radius 1 is 0.964 bits per heavy atom. The van der Waals surface area contributed by atoms with Gasteiger partial charge in [0.15, 0.2) is 0 Å². The van der Waals surface area contributed by atoms with Gasteiger partial charge in [-0.3, -0.25) is 9.59 Å². The third-order valence-electron chi connectivity index (χ3n) is 5.13. The second-order valence-corrected chi connectivity index (χ2v) is 7.48. The molecule has 0 aliphatic rings. The highest BCUT2D eigenvalue weighted by Gasteiger charge is 2.26. The van der Waals surface area contributed by atoms with Crippen molar-refractivity contribution in [1.29, 1.82) is 0 Å². The van der Waals surface area contributed by atoms with Crippen LogP contribution in [0.1, 0.15) is 43.9 Å². The molecule has 0 radical (unpaired) electrons. The average Bonchev–Trinajstić information content (AvgIpc) is 2.70. The fourth-order valence-corrected chi connectivity index (χ4v) is 3.02. The topological polar surface area (TPSA) is 49.4 Å². The van der Waals surface area contributed by atoms with Crippen LogP contribution in [0, 0.1) is 6.92 Å². The molecule has 150 valence electrons. The summed E-state index contributed by atoms with van der Waals surface area (Å²) in [7, 11) is 0. The van der Waals surface area contributed by atoms with Gasteiger partial charge < -0.3 is 10.2 Å². The number of hydrogen-bond donors (Lipinski definition) is 1. The number of hydrogen-bond acceptors (Lipinski definition) is 2. The highest BCUT2D eigenvalue weighted by molar-refractivity contribution is 5.88. The molecule has 0 aliphatic heterocycles. The molecular formula is C24H32N2O2. The number of carbonyl (C=O) groups is 2. The van der Waals surface area contributed by atoms with Gasteiger partial charge in [0.05, 0.1) is 6.42 Å². The Labute approximate surface area is 169 Å². The summed E-state index contributed by atoms with van der Waals surface area (Å²) >= 11 is 0. The van der Waals surface area contributed by atoms with E-state index in [9.17, 15) is 9.59 Å². The van der Waals surface area contributed by atoms with Crippen molar-refractivity contribution in [2.75, 3.05) is 6.54 Å². The Hall–Kier alpha value is -2.62. The van der Waals surface area contributed by atoms with Gasteiger partial charge in [-0.15, -0.1) is 0 Å². The first-order valence-corrected chi connectivity index (χ1v) is 10.1. The second-order valence-electron chi connectivity index (χ2n) is 7.48. The predicted octanol–water partition coefficient (Wildman–Crippen LogP) is 3.91. The Kier molecular flexibility index (Phi) is 8.24. The van der Waals surface area contributed by atoms with E-state index in [0.29, 0.717) is 13.0 Å². The molecule has 2 rings (SSSR count). The van der Waals surface area contributed by atoms with Crippen LogP contribution >= 0.6 is 0 Å². The lowest BCUT2D eigenvalue weighted by Crippen LogP contribution is -2.50. The maximum absolute atomic E-state index is 13.1. The Morgan fingerprint density at radius 3 is 2.21 bits per heavy atom. The van der Waals surface area contributed by atoms with E-state index in [0.717, 1.165) is 24.0 Å². The van der Waals surface area contributed by atoms with Crippen molar-refractivity contribution >= 4 is 11.8 Å². The summed E-state index contributed by atoms with van der Waals surface area (Å²) in [6.45, 7) is 8.37. The van der Waals surface area contributed by atoms with E-state index in [-0.39, 0.29) is 17.9 Å². The largest absolute Gasteiger partial charge is 0.352 e. The first-order chi connectivity index (χ1) is 13.4. The summed E-state index contributed by atoms with van der Waals surface area (Å²) in [4.78, 5) is 27.4. The van der Waals surface area contributed by atoms with Gasteiger partial charge in [-0.05, 0) is 44.7 Å². The van der Waals surface area contributed by atoms with Crippen LogP contribution < -0.4 is 5.32 Å². The molecule has 0 heterocycles. The van der Waals surface area contributed by atoms with E-state index in [1.54, 1.807) is 4.90 Å². The standard InChI is InChI=1S/C24H32N2O2/c1-5-19(3)25-24(28)20(4)26(16-15-21-9-7-6-8-10-21)23(27)17-22-13-11-18(2)12-14-22/h6-14,19-20H,5,15-17H2,1-4H3,(H,25,28)/t19-,20+/m0/s1. The molecule has 2 aromatic rings. The van der Waals surface area contributed by atoms with Crippen molar-refractivity contribution in [3.05, 3.63) is 71.3 Å². The maximum Gasteiger partial charge on any atom is 0.242 e. The van der Waals surface area contributed by atoms with Gasteiger partial charge in [0.25, 0.3) is 0 Å². The van der Waals surface area contributed by atoms with Gasteiger partial charge in [0.1, 0.15) is 6.04 Å². The summed E-state index contributed by atoms with van der Waals surface area (Å²) < 4.78 is 0. The average molecular weight is 381 g/mol. The zero-order valence-corrected chi connectivity index (χ0v) is 17.4. The minimum atomic E-state index is -0.504. The molecule has 0 saturated carbocycles. The van der Waals surface area contributed by atoms with Gasteiger partial charge >= 0.3 is 0 Å². The van der Waals surface area contributed by atoms with Gasteiger partial charge in [-0.25, -0.2) is 0 Å². The lowest BCUT2D eigenvalue weighted by atomic mass is 10.1. The van der Waals surface area contributed by atoms with Gasteiger partial charge in [0.2, 0.25) is 11.8 Å². The molecule has 0 aromatic heterocycles. The SMILES string of the molecule is CC[C@H](C)NC(=O)[C@@H](C)N(CCc1ccccc1)C(=O)Cc1ccc(C)cc1. The van der Waals surface area contributed by atoms with Crippen LogP contribution in [-0.4, -0.2) is 35.3 Å². The number of nitrogens with one attached hydrogen (secondary N) is 1. The number of rotatable bonds is 9. The third-order valence-corrected chi connectivity index (χ3v) is 5.13. The number of carbonyl (C=O) groups excluding carboxylic acids is 2. The van der Waals surface area contributed by atoms with Crippen LogP contribution in [-0.2, 0) is 22.4 Å². The van der Waals surface area contributed by atoms with Crippen LogP contribution in [0.15, 0.2) is 54.6 Å². The first kappa shape index (κ1) is 21.7. The van der Waals surface area contributed by atoms with E-state index < -0.39 is 6.04 Å². The highest BCUT2D eigenvalue weighted by atomic mass is 16.2. The summed E-state index contributed by atoms with van der Waals surface area (Å²) in [5.41, 5.74) is 3.29. The van der Waals surface area contributed by atoms with Crippen LogP contribution in [0.5, 0.6) is 0 Å². The second kappa shape index (κ2) is 10.6. The summed E-state index contributed by atoms with van der Waals surface area (Å²) in [5, 5.41) is 3.00. The van der Waals surface area contributed by atoms with Gasteiger partial charge in [-0.1, -0.05) is 67.1 Å². The predicted molar refractivity (Wildman–Crippen MR) is 114 cm³/mol. The Bertz CT molecular complexity index is 756. The summed E-state index contributed by atoms with van der Waals surface area (Å²) in [6.07, 6.45) is 1.89. The number of nitrogens with zero attached hydrogens (tertiary/aromatic N) is 1. The molecule has 0 saturated heterocycles. The molecule has 4 nitrogen and oxygen atoms in total. The van der Waals surface area contributed by atoms with E-state index >= 15 is 0 Å². The molecule has 1 N–H and O–H groups in total. The lowest BCUT2D eigenvalue weighted by Gasteiger charge is -2.29. The summed E-state index contributed by atoms with van der Waals surface area (Å²) in [5.74, 6) is -0.119. The van der Waals surface area contributed by atoms with E-state index in [2.05, 4.69) is 5.32 Å². The molecular weight excluding hydrogens is 348 g/mol. The number of benzene rings is 2. The highest BCUT2D eigenvalue weighted by Crippen LogP contribution is 2.11. The minimum Gasteiger partial charge on any atom is -0.352 e. The van der Waals surface area contributed by atoms with Gasteiger partial charge in [0, 0.05) is 12.6 Å². The Morgan fingerprint density at radius 2 is 1.61 bits per heavy atom. The number of aryl methyl sites for hydroxylation is 1. The number of amides is 2. The fraction of sp³-hybridized carbons (Fsp3) is 0.417. The first-order valence-electron chi connectivity index (χ1n) is 10.1. The van der Waals surface area contributed by atoms with Crippen molar-refractivity contribution in [3.63, 3.8) is 0 Å². The molecule has 2 aromatic carbocycles. The lowest BCUT2D eigenvalue weighted by molar-refractivity contribution is -0.139. The van der Waals surface area contributed by atoms with Crippen LogP contribution in [0.4, 0.5) is 0 Å². The van der Waals surface area contributed by atoms with Gasteiger partial charge in [-0.2, -0.15) is 0 Å². The molecule has 0 spiro atoms. The molecule has 2 atom stereocenters. The molecule has 0 bridgehead atoms. The quantitative estimate of drug-likeness (QED) is 0.717. The van der Waals surface area contributed by atoms with E-state index in [1.165, 1.54) is 5.56 Å². The molecule has 4 heteroatoms. The van der Waals surface area contributed by atoms with Crippen LogP contribution in [0.25, 0.3) is 0 Å². The molecule has 0 aliphatic carbocycles. The minimum absolute atomic E-state index is 0.0217. The zero-order valence-electron chi connectivity index (χ0n) is 17.4. The van der Waals surface area contributed by atoms with E-state index in [4.69, 9.17) is 0 Å². The maximum atomic E-state index is 13.1. The van der Waals surface area contributed by atoms with Crippen molar-refractivity contribution in [2.45, 2.75) is 59.0 Å². The Balaban J connectivity index is 2.12. The van der Waals surface area contributed by atoms with Crippen LogP contribution in [0.3, 0.4) is 0 Å². The monoisotopic (exact) mass is 380 g/mol. The third kappa shape index (κ3) is 6.52.